The van der Waals surface area contributed by atoms with Gasteiger partial charge in [0.2, 0.25) is 5.91 Å². The van der Waals surface area contributed by atoms with Gasteiger partial charge in [-0.2, -0.15) is 0 Å². The number of hydrogen-bond acceptors (Lipinski definition) is 3. The number of amides is 1. The summed E-state index contributed by atoms with van der Waals surface area (Å²) in [6.07, 6.45) is 1.94. The number of aryl methyl sites for hydroxylation is 1. The van der Waals surface area contributed by atoms with Crippen LogP contribution in [0.5, 0.6) is 0 Å². The zero-order valence-corrected chi connectivity index (χ0v) is 12.4. The fourth-order valence-electron chi connectivity index (χ4n) is 2.59. The van der Waals surface area contributed by atoms with E-state index in [1.165, 1.54) is 0 Å². The lowest BCUT2D eigenvalue weighted by Gasteiger charge is -2.19. The summed E-state index contributed by atoms with van der Waals surface area (Å²) < 4.78 is 5.41. The van der Waals surface area contributed by atoms with Gasteiger partial charge in [-0.25, -0.2) is 4.79 Å². The standard InChI is InChI=1S/C16H21NO4/c1-10-5-3-7-13(11(10)2)15(16(19)20)17-14(18)9-12-6-4-8-21-12/h3,5,7,12,15H,4,6,8-9H2,1-2H3,(H,17,18)(H,19,20). The van der Waals surface area contributed by atoms with Gasteiger partial charge in [0.15, 0.2) is 6.04 Å². The number of benzene rings is 1. The summed E-state index contributed by atoms with van der Waals surface area (Å²) in [5, 5.41) is 12.0. The monoisotopic (exact) mass is 291 g/mol. The van der Waals surface area contributed by atoms with Gasteiger partial charge in [-0.15, -0.1) is 0 Å². The molecule has 0 aliphatic carbocycles. The van der Waals surface area contributed by atoms with Gasteiger partial charge in [-0.1, -0.05) is 18.2 Å². The number of ether oxygens (including phenoxy) is 1. The highest BCUT2D eigenvalue weighted by Gasteiger charge is 2.26. The van der Waals surface area contributed by atoms with Crippen LogP contribution in [0, 0.1) is 13.8 Å². The third kappa shape index (κ3) is 3.82. The lowest BCUT2D eigenvalue weighted by Crippen LogP contribution is -2.35. The van der Waals surface area contributed by atoms with E-state index in [-0.39, 0.29) is 18.4 Å². The van der Waals surface area contributed by atoms with Crippen molar-refractivity contribution in [2.75, 3.05) is 6.61 Å². The molecule has 2 N–H and O–H groups in total. The second-order valence-electron chi connectivity index (χ2n) is 5.47. The molecule has 1 aliphatic rings. The highest BCUT2D eigenvalue weighted by molar-refractivity contribution is 5.85. The minimum Gasteiger partial charge on any atom is -0.479 e. The fourth-order valence-corrected chi connectivity index (χ4v) is 2.59. The second-order valence-corrected chi connectivity index (χ2v) is 5.47. The first-order chi connectivity index (χ1) is 9.99. The van der Waals surface area contributed by atoms with Crippen LogP contribution in [-0.4, -0.2) is 29.7 Å². The summed E-state index contributed by atoms with van der Waals surface area (Å²) in [5.41, 5.74) is 2.53. The molecule has 5 nitrogen and oxygen atoms in total. The summed E-state index contributed by atoms with van der Waals surface area (Å²) in [4.78, 5) is 23.5. The van der Waals surface area contributed by atoms with E-state index < -0.39 is 12.0 Å². The first-order valence-electron chi connectivity index (χ1n) is 7.19. The van der Waals surface area contributed by atoms with Crippen molar-refractivity contribution in [2.45, 2.75) is 45.3 Å². The number of hydrogen-bond donors (Lipinski definition) is 2. The van der Waals surface area contributed by atoms with E-state index in [0.29, 0.717) is 12.2 Å². The van der Waals surface area contributed by atoms with Gasteiger partial charge in [0.05, 0.1) is 12.5 Å². The van der Waals surface area contributed by atoms with Crippen molar-refractivity contribution in [1.82, 2.24) is 5.32 Å². The number of carboxylic acids is 1. The van der Waals surface area contributed by atoms with Gasteiger partial charge in [0, 0.05) is 6.61 Å². The Hall–Kier alpha value is -1.88. The molecule has 1 amide bonds. The minimum atomic E-state index is -1.05. The van der Waals surface area contributed by atoms with E-state index in [2.05, 4.69) is 5.32 Å². The summed E-state index contributed by atoms with van der Waals surface area (Å²) in [5.74, 6) is -1.33. The Kier molecular flexibility index (Phi) is 4.96. The van der Waals surface area contributed by atoms with Crippen molar-refractivity contribution < 1.29 is 19.4 Å². The third-order valence-electron chi connectivity index (χ3n) is 3.95. The number of rotatable bonds is 5. The SMILES string of the molecule is Cc1cccc(C(NC(=O)CC2CCCO2)C(=O)O)c1C. The van der Waals surface area contributed by atoms with Crippen LogP contribution in [0.15, 0.2) is 18.2 Å². The molecule has 2 atom stereocenters. The van der Waals surface area contributed by atoms with Crippen LogP contribution in [0.1, 0.15) is 42.0 Å². The highest BCUT2D eigenvalue weighted by atomic mass is 16.5. The largest absolute Gasteiger partial charge is 0.479 e. The maximum atomic E-state index is 12.0. The molecule has 1 heterocycles. The van der Waals surface area contributed by atoms with Crippen LogP contribution < -0.4 is 5.32 Å². The van der Waals surface area contributed by atoms with Crippen molar-refractivity contribution in [3.8, 4) is 0 Å². The summed E-state index contributed by atoms with van der Waals surface area (Å²) in [6.45, 7) is 4.47. The molecule has 0 bridgehead atoms. The predicted octanol–water partition coefficient (Wildman–Crippen LogP) is 2.11. The van der Waals surface area contributed by atoms with Gasteiger partial charge in [0.25, 0.3) is 0 Å². The van der Waals surface area contributed by atoms with E-state index in [4.69, 9.17) is 4.74 Å². The molecule has 0 aromatic heterocycles. The Morgan fingerprint density at radius 3 is 2.81 bits per heavy atom. The van der Waals surface area contributed by atoms with Crippen molar-refractivity contribution in [1.29, 1.82) is 0 Å². The average molecular weight is 291 g/mol. The van der Waals surface area contributed by atoms with Crippen LogP contribution >= 0.6 is 0 Å². The average Bonchev–Trinajstić information content (AvgIpc) is 2.92. The van der Waals surface area contributed by atoms with E-state index in [1.54, 1.807) is 12.1 Å². The smallest absolute Gasteiger partial charge is 0.330 e. The van der Waals surface area contributed by atoms with E-state index in [0.717, 1.165) is 24.0 Å². The maximum absolute atomic E-state index is 12.0. The van der Waals surface area contributed by atoms with Gasteiger partial charge in [-0.05, 0) is 43.4 Å². The predicted molar refractivity (Wildman–Crippen MR) is 78.0 cm³/mol. The first-order valence-corrected chi connectivity index (χ1v) is 7.19. The van der Waals surface area contributed by atoms with Gasteiger partial charge in [-0.3, -0.25) is 4.79 Å². The molecule has 21 heavy (non-hydrogen) atoms. The van der Waals surface area contributed by atoms with Gasteiger partial charge >= 0.3 is 5.97 Å². The Labute approximate surface area is 124 Å². The number of carbonyl (C=O) groups is 2. The third-order valence-corrected chi connectivity index (χ3v) is 3.95. The molecule has 0 spiro atoms. The number of aliphatic carboxylic acids is 1. The lowest BCUT2D eigenvalue weighted by atomic mass is 9.97. The number of carboxylic acid groups (broad SMARTS) is 1. The van der Waals surface area contributed by atoms with E-state index in [9.17, 15) is 14.7 Å². The molecule has 1 fully saturated rings. The maximum Gasteiger partial charge on any atom is 0.330 e. The first kappa shape index (κ1) is 15.5. The molecule has 2 unspecified atom stereocenters. The normalized spacial score (nSPS) is 19.2. The van der Waals surface area contributed by atoms with Gasteiger partial charge in [0.1, 0.15) is 0 Å². The molecular formula is C16H21NO4. The van der Waals surface area contributed by atoms with Crippen LogP contribution in [0.3, 0.4) is 0 Å². The van der Waals surface area contributed by atoms with Gasteiger partial charge < -0.3 is 15.2 Å². The molecule has 1 saturated heterocycles. The van der Waals surface area contributed by atoms with Crippen LogP contribution in [0.25, 0.3) is 0 Å². The quantitative estimate of drug-likeness (QED) is 0.871. The fraction of sp³-hybridized carbons (Fsp3) is 0.500. The highest BCUT2D eigenvalue weighted by Crippen LogP contribution is 2.22. The van der Waals surface area contributed by atoms with Crippen molar-refractivity contribution in [2.24, 2.45) is 0 Å². The summed E-state index contributed by atoms with van der Waals surface area (Å²) in [6, 6.07) is 4.46. The molecule has 114 valence electrons. The summed E-state index contributed by atoms with van der Waals surface area (Å²) >= 11 is 0. The number of nitrogens with one attached hydrogen (secondary N) is 1. The molecule has 1 aromatic carbocycles. The van der Waals surface area contributed by atoms with Crippen LogP contribution in [-0.2, 0) is 14.3 Å². The number of carbonyl (C=O) groups excluding carboxylic acids is 1. The van der Waals surface area contributed by atoms with Crippen LogP contribution in [0.4, 0.5) is 0 Å². The zero-order valence-electron chi connectivity index (χ0n) is 12.4. The van der Waals surface area contributed by atoms with Crippen molar-refractivity contribution >= 4 is 11.9 Å². The topological polar surface area (TPSA) is 75.6 Å². The lowest BCUT2D eigenvalue weighted by molar-refractivity contribution is -0.142. The molecule has 0 radical (unpaired) electrons. The van der Waals surface area contributed by atoms with Crippen molar-refractivity contribution in [3.05, 3.63) is 34.9 Å². The molecule has 5 heteroatoms. The van der Waals surface area contributed by atoms with Crippen LogP contribution in [0.2, 0.25) is 0 Å². The Balaban J connectivity index is 2.10. The molecule has 2 rings (SSSR count). The van der Waals surface area contributed by atoms with E-state index >= 15 is 0 Å². The molecule has 0 saturated carbocycles. The minimum absolute atomic E-state index is 0.0851. The Morgan fingerprint density at radius 2 is 2.19 bits per heavy atom. The second kappa shape index (κ2) is 6.72. The Morgan fingerprint density at radius 1 is 1.43 bits per heavy atom. The Bertz CT molecular complexity index is 535. The summed E-state index contributed by atoms with van der Waals surface area (Å²) in [7, 11) is 0. The molecular weight excluding hydrogens is 270 g/mol. The molecule has 1 aliphatic heterocycles. The van der Waals surface area contributed by atoms with Crippen molar-refractivity contribution in [3.63, 3.8) is 0 Å². The van der Waals surface area contributed by atoms with E-state index in [1.807, 2.05) is 19.9 Å². The molecule has 1 aromatic rings. The zero-order chi connectivity index (χ0) is 15.4.